The third-order valence-corrected chi connectivity index (χ3v) is 4.65. The second-order valence-corrected chi connectivity index (χ2v) is 5.98. The van der Waals surface area contributed by atoms with Crippen molar-refractivity contribution < 1.29 is 4.39 Å². The van der Waals surface area contributed by atoms with E-state index in [4.69, 9.17) is 5.26 Å². The number of fused-ring (bicyclic) bond motifs is 1. The maximum absolute atomic E-state index is 14.0. The predicted octanol–water partition coefficient (Wildman–Crippen LogP) is 3.31. The third kappa shape index (κ3) is 2.93. The van der Waals surface area contributed by atoms with Crippen LogP contribution in [0.4, 0.5) is 4.39 Å². The van der Waals surface area contributed by atoms with Crippen molar-refractivity contribution in [2.24, 2.45) is 0 Å². The maximum atomic E-state index is 14.0. The molecule has 0 aliphatic carbocycles. The molecule has 0 bridgehead atoms. The monoisotopic (exact) mass is 302 g/mol. The molecule has 1 aromatic carbocycles. The van der Waals surface area contributed by atoms with E-state index in [1.165, 1.54) is 24.2 Å². The second kappa shape index (κ2) is 6.27. The number of nitrogens with zero attached hydrogens (tertiary/aromatic N) is 4. The third-order valence-electron chi connectivity index (χ3n) is 3.63. The molecule has 2 aromatic rings. The fraction of sp³-hybridized carbons (Fsp3) is 0.400. The lowest BCUT2D eigenvalue weighted by Gasteiger charge is -2.07. The summed E-state index contributed by atoms with van der Waals surface area (Å²) in [4.78, 5) is 0. The zero-order valence-corrected chi connectivity index (χ0v) is 12.4. The van der Waals surface area contributed by atoms with E-state index in [2.05, 4.69) is 14.8 Å². The number of hydrogen-bond acceptors (Lipinski definition) is 4. The first-order chi connectivity index (χ1) is 10.3. The molecule has 1 aromatic heterocycles. The van der Waals surface area contributed by atoms with Crippen LogP contribution in [0.3, 0.4) is 0 Å². The van der Waals surface area contributed by atoms with Gasteiger partial charge in [0, 0.05) is 18.7 Å². The van der Waals surface area contributed by atoms with Gasteiger partial charge in [-0.3, -0.25) is 0 Å². The summed E-state index contributed by atoms with van der Waals surface area (Å²) in [5, 5.41) is 18.1. The van der Waals surface area contributed by atoms with Gasteiger partial charge in [-0.1, -0.05) is 30.3 Å². The number of aryl methyl sites for hydroxylation is 1. The Hall–Kier alpha value is -1.87. The fourth-order valence-electron chi connectivity index (χ4n) is 2.49. The highest BCUT2D eigenvalue weighted by Crippen LogP contribution is 2.26. The lowest BCUT2D eigenvalue weighted by atomic mass is 10.1. The van der Waals surface area contributed by atoms with E-state index >= 15 is 0 Å². The van der Waals surface area contributed by atoms with Gasteiger partial charge >= 0.3 is 0 Å². The minimum atomic E-state index is -0.428. The van der Waals surface area contributed by atoms with E-state index in [9.17, 15) is 4.39 Å². The van der Waals surface area contributed by atoms with Gasteiger partial charge in [0.15, 0.2) is 5.16 Å². The zero-order valence-electron chi connectivity index (χ0n) is 11.5. The van der Waals surface area contributed by atoms with Gasteiger partial charge in [0.1, 0.15) is 17.7 Å². The van der Waals surface area contributed by atoms with E-state index in [1.807, 2.05) is 6.07 Å². The summed E-state index contributed by atoms with van der Waals surface area (Å²) in [6.45, 7) is 0.936. The molecule has 3 rings (SSSR count). The summed E-state index contributed by atoms with van der Waals surface area (Å²) in [7, 11) is 0. The predicted molar refractivity (Wildman–Crippen MR) is 78.3 cm³/mol. The molecule has 6 heteroatoms. The van der Waals surface area contributed by atoms with Gasteiger partial charge in [0.25, 0.3) is 0 Å². The van der Waals surface area contributed by atoms with Crippen molar-refractivity contribution >= 4 is 11.8 Å². The number of thioether (sulfide) groups is 1. The topological polar surface area (TPSA) is 54.5 Å². The van der Waals surface area contributed by atoms with Crippen molar-refractivity contribution in [3.8, 4) is 6.07 Å². The van der Waals surface area contributed by atoms with Crippen molar-refractivity contribution in [3.05, 3.63) is 41.0 Å². The van der Waals surface area contributed by atoms with Crippen LogP contribution in [0.2, 0.25) is 0 Å². The quantitative estimate of drug-likeness (QED) is 0.816. The molecule has 0 amide bonds. The average Bonchev–Trinajstić information content (AvgIpc) is 2.73. The number of rotatable bonds is 3. The summed E-state index contributed by atoms with van der Waals surface area (Å²) >= 11 is 1.48. The molecule has 0 atom stereocenters. The number of nitriles is 1. The molecule has 21 heavy (non-hydrogen) atoms. The molecule has 4 nitrogen and oxygen atoms in total. The smallest absolute Gasteiger partial charge is 0.191 e. The van der Waals surface area contributed by atoms with E-state index < -0.39 is 5.82 Å². The van der Waals surface area contributed by atoms with Crippen LogP contribution >= 0.6 is 11.8 Å². The SMILES string of the molecule is N#Cc1cccc(CSc2nnc3n2CCCCC3)c1F. The van der Waals surface area contributed by atoms with Crippen molar-refractivity contribution in [1.82, 2.24) is 14.8 Å². The van der Waals surface area contributed by atoms with Crippen LogP contribution in [0.15, 0.2) is 23.4 Å². The molecule has 108 valence electrons. The molecule has 0 radical (unpaired) electrons. The van der Waals surface area contributed by atoms with Gasteiger partial charge in [-0.15, -0.1) is 10.2 Å². The van der Waals surface area contributed by atoms with E-state index in [-0.39, 0.29) is 5.56 Å². The number of aromatic nitrogens is 3. The molecule has 0 saturated carbocycles. The van der Waals surface area contributed by atoms with Gasteiger partial charge in [-0.25, -0.2) is 4.39 Å². The lowest BCUT2D eigenvalue weighted by Crippen LogP contribution is -2.02. The van der Waals surface area contributed by atoms with Crippen molar-refractivity contribution in [2.75, 3.05) is 0 Å². The first-order valence-corrected chi connectivity index (χ1v) is 8.00. The molecule has 0 spiro atoms. The summed E-state index contributed by atoms with van der Waals surface area (Å²) in [5.41, 5.74) is 0.623. The standard InChI is InChI=1S/C15H15FN4S/c16-14-11(9-17)5-4-6-12(14)10-21-15-19-18-13-7-2-1-3-8-20(13)15/h4-6H,1-3,7-8,10H2. The molecule has 2 heterocycles. The summed E-state index contributed by atoms with van der Waals surface area (Å²) < 4.78 is 16.2. The highest BCUT2D eigenvalue weighted by Gasteiger charge is 2.16. The van der Waals surface area contributed by atoms with Gasteiger partial charge in [-0.05, 0) is 24.5 Å². The molecular formula is C15H15FN4S. The Morgan fingerprint density at radius 2 is 2.19 bits per heavy atom. The van der Waals surface area contributed by atoms with Crippen LogP contribution in [-0.4, -0.2) is 14.8 Å². The maximum Gasteiger partial charge on any atom is 0.191 e. The van der Waals surface area contributed by atoms with Crippen molar-refractivity contribution in [1.29, 1.82) is 5.26 Å². The first-order valence-electron chi connectivity index (χ1n) is 7.02. The molecule has 0 N–H and O–H groups in total. The van der Waals surface area contributed by atoms with Crippen molar-refractivity contribution in [3.63, 3.8) is 0 Å². The van der Waals surface area contributed by atoms with E-state index in [0.29, 0.717) is 11.3 Å². The minimum absolute atomic E-state index is 0.0909. The van der Waals surface area contributed by atoms with Crippen LogP contribution in [0, 0.1) is 17.1 Å². The highest BCUT2D eigenvalue weighted by atomic mass is 32.2. The molecule has 0 saturated heterocycles. The van der Waals surface area contributed by atoms with E-state index in [0.717, 1.165) is 36.8 Å². The second-order valence-electron chi connectivity index (χ2n) is 5.04. The van der Waals surface area contributed by atoms with Crippen LogP contribution in [-0.2, 0) is 18.7 Å². The number of halogens is 1. The van der Waals surface area contributed by atoms with Gasteiger partial charge < -0.3 is 4.57 Å². The Bertz CT molecular complexity index is 689. The molecule has 0 fully saturated rings. The Morgan fingerprint density at radius 1 is 1.29 bits per heavy atom. The van der Waals surface area contributed by atoms with Crippen LogP contribution in [0.1, 0.15) is 36.2 Å². The van der Waals surface area contributed by atoms with Crippen molar-refractivity contribution in [2.45, 2.75) is 43.1 Å². The molecule has 1 aliphatic rings. The van der Waals surface area contributed by atoms with Gasteiger partial charge in [0.2, 0.25) is 0 Å². The fourth-order valence-corrected chi connectivity index (χ4v) is 3.44. The molecule has 0 unspecified atom stereocenters. The van der Waals surface area contributed by atoms with Crippen LogP contribution < -0.4 is 0 Å². The highest BCUT2D eigenvalue weighted by molar-refractivity contribution is 7.98. The first kappa shape index (κ1) is 14.1. The normalized spacial score (nSPS) is 14.3. The summed E-state index contributed by atoms with van der Waals surface area (Å²) in [5.74, 6) is 1.06. The van der Waals surface area contributed by atoms with Gasteiger partial charge in [-0.2, -0.15) is 5.26 Å². The largest absolute Gasteiger partial charge is 0.306 e. The van der Waals surface area contributed by atoms with Gasteiger partial charge in [0.05, 0.1) is 5.56 Å². The van der Waals surface area contributed by atoms with Crippen LogP contribution in [0.25, 0.3) is 0 Å². The summed E-state index contributed by atoms with van der Waals surface area (Å²) in [6.07, 6.45) is 4.47. The Balaban J connectivity index is 1.77. The minimum Gasteiger partial charge on any atom is -0.306 e. The zero-order chi connectivity index (χ0) is 14.7. The molecular weight excluding hydrogens is 287 g/mol. The average molecular weight is 302 g/mol. The van der Waals surface area contributed by atoms with E-state index in [1.54, 1.807) is 12.1 Å². The summed E-state index contributed by atoms with van der Waals surface area (Å²) in [6, 6.07) is 6.78. The number of benzene rings is 1. The lowest BCUT2D eigenvalue weighted by molar-refractivity contribution is 0.590. The van der Waals surface area contributed by atoms with Crippen LogP contribution in [0.5, 0.6) is 0 Å². The number of hydrogen-bond donors (Lipinski definition) is 0. The Morgan fingerprint density at radius 3 is 3.05 bits per heavy atom. The Kier molecular flexibility index (Phi) is 4.20. The molecule has 1 aliphatic heterocycles. The Labute approximate surface area is 127 Å².